The zero-order valence-corrected chi connectivity index (χ0v) is 21.0. The van der Waals surface area contributed by atoms with Crippen molar-refractivity contribution in [2.75, 3.05) is 0 Å². The molecule has 0 radical (unpaired) electrons. The van der Waals surface area contributed by atoms with E-state index in [0.29, 0.717) is 0 Å². The van der Waals surface area contributed by atoms with Gasteiger partial charge in [0.1, 0.15) is 22.7 Å². The van der Waals surface area contributed by atoms with E-state index in [4.69, 9.17) is 4.42 Å². The van der Waals surface area contributed by atoms with Gasteiger partial charge in [0.05, 0.1) is 5.52 Å². The number of allylic oxidation sites excluding steroid dienone is 4. The molecule has 0 fully saturated rings. The molecule has 1 aliphatic heterocycles. The number of rotatable bonds is 2. The average Bonchev–Trinajstić information content (AvgIpc) is 3.53. The monoisotopic (exact) mass is 500 g/mol. The third-order valence-electron chi connectivity index (χ3n) is 8.15. The summed E-state index contributed by atoms with van der Waals surface area (Å²) in [4.78, 5) is 4.34. The van der Waals surface area contributed by atoms with Crippen LogP contribution in [0.1, 0.15) is 6.04 Å². The molecule has 0 bridgehead atoms. The second-order valence-electron chi connectivity index (χ2n) is 10.2. The fourth-order valence-corrected chi connectivity index (χ4v) is 6.50. The summed E-state index contributed by atoms with van der Waals surface area (Å²) in [6.07, 6.45) is 12.6. The Morgan fingerprint density at radius 3 is 2.56 bits per heavy atom. The van der Waals surface area contributed by atoms with Gasteiger partial charge in [0.2, 0.25) is 17.1 Å². The fraction of sp³-hybridized carbons (Fsp3) is 0.0286. The molecule has 0 saturated carbocycles. The van der Waals surface area contributed by atoms with Crippen molar-refractivity contribution in [1.29, 1.82) is 0 Å². The number of para-hydroxylation sites is 2. The Kier molecular flexibility index (Phi) is 4.08. The summed E-state index contributed by atoms with van der Waals surface area (Å²) in [5, 5.41) is 4.76. The van der Waals surface area contributed by atoms with Crippen molar-refractivity contribution in [2.24, 2.45) is 0 Å². The summed E-state index contributed by atoms with van der Waals surface area (Å²) in [6.45, 7) is 0. The Hall–Kier alpha value is -5.22. The highest BCUT2D eigenvalue weighted by atomic mass is 16.3. The van der Waals surface area contributed by atoms with Gasteiger partial charge in [-0.1, -0.05) is 66.8 Å². The van der Waals surface area contributed by atoms with Gasteiger partial charge in [-0.05, 0) is 29.8 Å². The highest BCUT2D eigenvalue weighted by molar-refractivity contribution is 6.21. The van der Waals surface area contributed by atoms with Gasteiger partial charge >= 0.3 is 0 Å². The molecule has 7 aromatic rings. The normalized spacial score (nSPS) is 16.2. The Labute approximate surface area is 224 Å². The van der Waals surface area contributed by atoms with E-state index in [2.05, 4.69) is 111 Å². The van der Waals surface area contributed by atoms with Crippen LogP contribution < -0.4 is 4.58 Å². The van der Waals surface area contributed by atoms with Crippen molar-refractivity contribution in [2.45, 2.75) is 6.04 Å². The van der Waals surface area contributed by atoms with Crippen molar-refractivity contribution in [1.82, 2.24) is 14.1 Å². The second kappa shape index (κ2) is 7.65. The summed E-state index contributed by atoms with van der Waals surface area (Å²) in [6, 6.07) is 32.4. The first kappa shape index (κ1) is 20.8. The molecule has 1 aliphatic carbocycles. The van der Waals surface area contributed by atoms with Gasteiger partial charge < -0.3 is 8.98 Å². The lowest BCUT2D eigenvalue weighted by atomic mass is 10.0. The highest BCUT2D eigenvalue weighted by Crippen LogP contribution is 2.45. The zero-order chi connectivity index (χ0) is 25.5. The van der Waals surface area contributed by atoms with Crippen LogP contribution in [0.4, 0.5) is 11.4 Å². The van der Waals surface area contributed by atoms with Crippen LogP contribution in [0.3, 0.4) is 0 Å². The number of hydrogen-bond acceptors (Lipinski definition) is 2. The Morgan fingerprint density at radius 2 is 1.62 bits per heavy atom. The first-order valence-electron chi connectivity index (χ1n) is 13.3. The maximum atomic E-state index is 6.30. The van der Waals surface area contributed by atoms with Gasteiger partial charge in [0, 0.05) is 63.8 Å². The van der Waals surface area contributed by atoms with Crippen LogP contribution in [0.25, 0.3) is 54.9 Å². The van der Waals surface area contributed by atoms with Gasteiger partial charge in [-0.15, -0.1) is 0 Å². The molecule has 4 aromatic carbocycles. The molecule has 3 aromatic heterocycles. The number of furan rings is 1. The molecule has 9 rings (SSSR count). The second-order valence-corrected chi connectivity index (χ2v) is 10.2. The van der Waals surface area contributed by atoms with Gasteiger partial charge in [0.25, 0.3) is 0 Å². The molecule has 2 aliphatic rings. The molecule has 1 unspecified atom stereocenters. The number of fused-ring (bicyclic) bond motifs is 8. The predicted molar refractivity (Wildman–Crippen MR) is 160 cm³/mol. The lowest BCUT2D eigenvalue weighted by Crippen LogP contribution is -2.30. The molecular weight excluding hydrogens is 478 g/mol. The molecule has 182 valence electrons. The lowest BCUT2D eigenvalue weighted by Gasteiger charge is -2.24. The number of aromatic nitrogens is 2. The van der Waals surface area contributed by atoms with Crippen LogP contribution >= 0.6 is 0 Å². The lowest BCUT2D eigenvalue weighted by molar-refractivity contribution is 0.669. The minimum absolute atomic E-state index is 0.0718. The molecule has 0 N–H and O–H groups in total. The topological polar surface area (TPSA) is 34.0 Å². The third kappa shape index (κ3) is 2.83. The van der Waals surface area contributed by atoms with Crippen LogP contribution in [0.5, 0.6) is 0 Å². The molecule has 1 atom stereocenters. The Balaban J connectivity index is 1.37. The quantitative estimate of drug-likeness (QED) is 0.223. The molecule has 0 spiro atoms. The average molecular weight is 501 g/mol. The van der Waals surface area contributed by atoms with Crippen molar-refractivity contribution in [3.8, 4) is 11.1 Å². The third-order valence-corrected chi connectivity index (χ3v) is 8.15. The van der Waals surface area contributed by atoms with Gasteiger partial charge in [-0.2, -0.15) is 4.58 Å². The van der Waals surface area contributed by atoms with E-state index in [1.807, 2.05) is 30.6 Å². The van der Waals surface area contributed by atoms with Crippen molar-refractivity contribution in [3.05, 3.63) is 128 Å². The standard InChI is InChI=1S/C35H22N3O/c1-4-16-33-25(11-1)28-19-32-27(20-34(28)39-33)26-12-6-15-31-35(26)38(32)30-14-3-2-13-29(30)37(31)24-10-5-8-22(18-24)23-9-7-17-36-21-23/h1-21,30H/q+1. The highest BCUT2D eigenvalue weighted by Gasteiger charge is 2.37. The Morgan fingerprint density at radius 1 is 0.718 bits per heavy atom. The largest absolute Gasteiger partial charge is 0.456 e. The van der Waals surface area contributed by atoms with Crippen LogP contribution in [-0.2, 0) is 0 Å². The summed E-state index contributed by atoms with van der Waals surface area (Å²) in [5.41, 5.74) is 10.1. The zero-order valence-electron chi connectivity index (χ0n) is 21.0. The predicted octanol–water partition coefficient (Wildman–Crippen LogP) is 8.71. The van der Waals surface area contributed by atoms with Gasteiger partial charge in [0.15, 0.2) is 0 Å². The SMILES string of the molecule is C1=CC2=[N+](c3cccc(-c4cccnc4)c3)c3cccc4c5cc6oc7ccccc7c6cc5n(c34)C2C=C1. The van der Waals surface area contributed by atoms with Gasteiger partial charge in [-0.3, -0.25) is 4.98 Å². The minimum atomic E-state index is 0.0718. The first-order valence-corrected chi connectivity index (χ1v) is 13.3. The summed E-state index contributed by atoms with van der Waals surface area (Å²) in [7, 11) is 0. The maximum Gasteiger partial charge on any atom is 0.235 e. The van der Waals surface area contributed by atoms with E-state index >= 15 is 0 Å². The maximum absolute atomic E-state index is 6.30. The van der Waals surface area contributed by atoms with Crippen molar-refractivity contribution >= 4 is 60.8 Å². The van der Waals surface area contributed by atoms with E-state index in [-0.39, 0.29) is 6.04 Å². The molecule has 4 heteroatoms. The molecule has 4 nitrogen and oxygen atoms in total. The summed E-state index contributed by atoms with van der Waals surface area (Å²) < 4.78 is 11.2. The van der Waals surface area contributed by atoms with E-state index < -0.39 is 0 Å². The number of hydrogen-bond donors (Lipinski definition) is 0. The molecule has 4 heterocycles. The Bertz CT molecular complexity index is 2230. The summed E-state index contributed by atoms with van der Waals surface area (Å²) in [5.74, 6) is 0. The van der Waals surface area contributed by atoms with E-state index in [9.17, 15) is 0 Å². The van der Waals surface area contributed by atoms with Crippen molar-refractivity contribution < 1.29 is 4.42 Å². The van der Waals surface area contributed by atoms with Gasteiger partial charge in [-0.25, -0.2) is 0 Å². The van der Waals surface area contributed by atoms with Crippen LogP contribution in [0.15, 0.2) is 132 Å². The number of benzene rings is 4. The first-order chi connectivity index (χ1) is 19.3. The van der Waals surface area contributed by atoms with E-state index in [1.165, 1.54) is 33.2 Å². The minimum Gasteiger partial charge on any atom is -0.456 e. The number of pyridine rings is 1. The number of nitrogens with zero attached hydrogens (tertiary/aromatic N) is 3. The van der Waals surface area contributed by atoms with Crippen LogP contribution in [-0.4, -0.2) is 15.3 Å². The molecule has 39 heavy (non-hydrogen) atoms. The van der Waals surface area contributed by atoms with Crippen molar-refractivity contribution in [3.63, 3.8) is 0 Å². The molecular formula is C35H22N3O+. The summed E-state index contributed by atoms with van der Waals surface area (Å²) >= 11 is 0. The molecule has 0 saturated heterocycles. The van der Waals surface area contributed by atoms with Crippen LogP contribution in [0.2, 0.25) is 0 Å². The van der Waals surface area contributed by atoms with Crippen LogP contribution in [0, 0.1) is 0 Å². The van der Waals surface area contributed by atoms with E-state index in [0.717, 1.165) is 38.8 Å². The smallest absolute Gasteiger partial charge is 0.235 e. The molecule has 0 amide bonds. The van der Waals surface area contributed by atoms with E-state index in [1.54, 1.807) is 0 Å². The fourth-order valence-electron chi connectivity index (χ4n) is 6.50.